The van der Waals surface area contributed by atoms with Crippen LogP contribution in [0.1, 0.15) is 12.0 Å². The summed E-state index contributed by atoms with van der Waals surface area (Å²) in [6.45, 7) is 0.218. The number of hydrogen-bond donors (Lipinski definition) is 1. The Labute approximate surface area is 107 Å². The number of carbonyl (C=O) groups is 2. The first-order valence-electron chi connectivity index (χ1n) is 5.06. The molecule has 1 saturated heterocycles. The molecule has 0 radical (unpaired) electrons. The SMILES string of the molecule is O=C1C/C(=C(\Br)C(=O)OCc2ccccc2)N1. The van der Waals surface area contributed by atoms with Crippen LogP contribution in [0.5, 0.6) is 0 Å². The first-order valence-corrected chi connectivity index (χ1v) is 5.85. The van der Waals surface area contributed by atoms with E-state index < -0.39 is 5.97 Å². The van der Waals surface area contributed by atoms with Crippen molar-refractivity contribution in [3.63, 3.8) is 0 Å². The molecule has 1 aliphatic rings. The van der Waals surface area contributed by atoms with Gasteiger partial charge >= 0.3 is 5.97 Å². The first-order chi connectivity index (χ1) is 8.16. The van der Waals surface area contributed by atoms with E-state index in [4.69, 9.17) is 4.74 Å². The van der Waals surface area contributed by atoms with Gasteiger partial charge in [-0.3, -0.25) is 4.79 Å². The van der Waals surface area contributed by atoms with E-state index in [2.05, 4.69) is 21.2 Å². The molecule has 1 amide bonds. The van der Waals surface area contributed by atoms with E-state index in [1.54, 1.807) is 0 Å². The maximum atomic E-state index is 11.6. The average molecular weight is 296 g/mol. The Morgan fingerprint density at radius 2 is 2.00 bits per heavy atom. The van der Waals surface area contributed by atoms with Gasteiger partial charge in [-0.2, -0.15) is 0 Å². The zero-order chi connectivity index (χ0) is 12.3. The lowest BCUT2D eigenvalue weighted by Crippen LogP contribution is -2.36. The summed E-state index contributed by atoms with van der Waals surface area (Å²) in [5.74, 6) is -0.559. The molecule has 0 spiro atoms. The van der Waals surface area contributed by atoms with E-state index in [-0.39, 0.29) is 23.4 Å². The summed E-state index contributed by atoms with van der Waals surface area (Å²) in [6.07, 6.45) is 0.251. The molecule has 2 rings (SSSR count). The highest BCUT2D eigenvalue weighted by Crippen LogP contribution is 2.20. The number of carbonyl (C=O) groups excluding carboxylic acids is 2. The summed E-state index contributed by atoms with van der Waals surface area (Å²) >= 11 is 3.11. The van der Waals surface area contributed by atoms with Crippen LogP contribution < -0.4 is 5.32 Å². The topological polar surface area (TPSA) is 55.4 Å². The molecular formula is C12H10BrNO3. The second-order valence-electron chi connectivity index (χ2n) is 3.58. The van der Waals surface area contributed by atoms with Crippen molar-refractivity contribution in [2.24, 2.45) is 0 Å². The second kappa shape index (κ2) is 5.14. The lowest BCUT2D eigenvalue weighted by molar-refractivity contribution is -0.139. The fourth-order valence-electron chi connectivity index (χ4n) is 1.35. The van der Waals surface area contributed by atoms with Gasteiger partial charge in [0.15, 0.2) is 0 Å². The van der Waals surface area contributed by atoms with E-state index in [0.29, 0.717) is 5.70 Å². The number of ether oxygens (including phenoxy) is 1. The molecule has 1 aromatic rings. The third kappa shape index (κ3) is 2.94. The zero-order valence-corrected chi connectivity index (χ0v) is 10.5. The van der Waals surface area contributed by atoms with Gasteiger partial charge < -0.3 is 10.1 Å². The summed E-state index contributed by atoms with van der Waals surface area (Å²) in [6, 6.07) is 9.40. The maximum absolute atomic E-state index is 11.6. The molecule has 0 aliphatic carbocycles. The van der Waals surface area contributed by atoms with Crippen LogP contribution in [0, 0.1) is 0 Å². The Kier molecular flexibility index (Phi) is 3.58. The molecule has 0 aromatic heterocycles. The van der Waals surface area contributed by atoms with Crippen molar-refractivity contribution in [3.05, 3.63) is 46.1 Å². The van der Waals surface area contributed by atoms with Crippen molar-refractivity contribution in [2.45, 2.75) is 13.0 Å². The number of β-lactam (4-membered cyclic amide) rings is 1. The minimum absolute atomic E-state index is 0.0900. The van der Waals surface area contributed by atoms with Gasteiger partial charge in [-0.05, 0) is 21.5 Å². The summed E-state index contributed by atoms with van der Waals surface area (Å²) in [5, 5.41) is 2.51. The minimum Gasteiger partial charge on any atom is -0.457 e. The van der Waals surface area contributed by atoms with Crippen LogP contribution in [-0.4, -0.2) is 11.9 Å². The van der Waals surface area contributed by atoms with Crippen LogP contribution >= 0.6 is 15.9 Å². The highest BCUT2D eigenvalue weighted by molar-refractivity contribution is 9.12. The molecule has 1 heterocycles. The predicted molar refractivity (Wildman–Crippen MR) is 65.0 cm³/mol. The van der Waals surface area contributed by atoms with Gasteiger partial charge in [-0.1, -0.05) is 30.3 Å². The molecule has 0 saturated carbocycles. The highest BCUT2D eigenvalue weighted by atomic mass is 79.9. The third-order valence-corrected chi connectivity index (χ3v) is 3.09. The van der Waals surface area contributed by atoms with Crippen molar-refractivity contribution >= 4 is 27.8 Å². The molecule has 17 heavy (non-hydrogen) atoms. The van der Waals surface area contributed by atoms with E-state index in [9.17, 15) is 9.59 Å². The van der Waals surface area contributed by atoms with E-state index >= 15 is 0 Å². The predicted octanol–water partition coefficient (Wildman–Crippen LogP) is 1.86. The van der Waals surface area contributed by atoms with Crippen molar-refractivity contribution in [3.8, 4) is 0 Å². The summed E-state index contributed by atoms with van der Waals surface area (Å²) in [5.41, 5.74) is 1.50. The van der Waals surface area contributed by atoms with Gasteiger partial charge in [0.2, 0.25) is 5.91 Å². The Balaban J connectivity index is 1.90. The van der Waals surface area contributed by atoms with Gasteiger partial charge in [0.25, 0.3) is 0 Å². The largest absolute Gasteiger partial charge is 0.457 e. The van der Waals surface area contributed by atoms with E-state index in [0.717, 1.165) is 5.56 Å². The van der Waals surface area contributed by atoms with Crippen LogP contribution in [0.4, 0.5) is 0 Å². The number of halogens is 1. The second-order valence-corrected chi connectivity index (χ2v) is 4.37. The van der Waals surface area contributed by atoms with Crippen LogP contribution in [0.15, 0.2) is 40.5 Å². The molecule has 4 nitrogen and oxygen atoms in total. The Morgan fingerprint density at radius 3 is 2.59 bits per heavy atom. The maximum Gasteiger partial charge on any atom is 0.347 e. The monoisotopic (exact) mass is 295 g/mol. The molecule has 1 aromatic carbocycles. The average Bonchev–Trinajstić information content (AvgIpc) is 2.32. The number of amides is 1. The van der Waals surface area contributed by atoms with Gasteiger partial charge in [0.1, 0.15) is 11.1 Å². The molecule has 1 N–H and O–H groups in total. The van der Waals surface area contributed by atoms with Crippen LogP contribution in [-0.2, 0) is 20.9 Å². The van der Waals surface area contributed by atoms with Gasteiger partial charge in [-0.15, -0.1) is 0 Å². The molecule has 88 valence electrons. The molecule has 0 bridgehead atoms. The zero-order valence-electron chi connectivity index (χ0n) is 8.90. The number of hydrogen-bond acceptors (Lipinski definition) is 3. The van der Waals surface area contributed by atoms with Gasteiger partial charge in [-0.25, -0.2) is 4.79 Å². The van der Waals surface area contributed by atoms with Crippen molar-refractivity contribution in [1.29, 1.82) is 0 Å². The summed E-state index contributed by atoms with van der Waals surface area (Å²) in [7, 11) is 0. The summed E-state index contributed by atoms with van der Waals surface area (Å²) in [4.78, 5) is 22.3. The Morgan fingerprint density at radius 1 is 1.35 bits per heavy atom. The number of esters is 1. The number of benzene rings is 1. The van der Waals surface area contributed by atoms with Crippen LogP contribution in [0.2, 0.25) is 0 Å². The lowest BCUT2D eigenvalue weighted by atomic mass is 10.2. The van der Waals surface area contributed by atoms with E-state index in [1.807, 2.05) is 30.3 Å². The van der Waals surface area contributed by atoms with Crippen molar-refractivity contribution < 1.29 is 14.3 Å². The highest BCUT2D eigenvalue weighted by Gasteiger charge is 2.25. The lowest BCUT2D eigenvalue weighted by Gasteiger charge is -2.19. The molecule has 0 atom stereocenters. The first kappa shape index (κ1) is 11.9. The molecule has 1 fully saturated rings. The number of rotatable bonds is 3. The molecular weight excluding hydrogens is 286 g/mol. The van der Waals surface area contributed by atoms with Crippen LogP contribution in [0.25, 0.3) is 0 Å². The molecule has 5 heteroatoms. The fourth-order valence-corrected chi connectivity index (χ4v) is 1.71. The summed E-state index contributed by atoms with van der Waals surface area (Å²) < 4.78 is 5.37. The standard InChI is InChI=1S/C12H10BrNO3/c13-11(9-6-10(15)14-9)12(16)17-7-8-4-2-1-3-5-8/h1-5H,6-7H2,(H,14,15)/b11-9+. The normalized spacial score (nSPS) is 16.9. The van der Waals surface area contributed by atoms with Gasteiger partial charge in [0, 0.05) is 5.70 Å². The fraction of sp³-hybridized carbons (Fsp3) is 0.167. The van der Waals surface area contributed by atoms with Crippen LogP contribution in [0.3, 0.4) is 0 Å². The Hall–Kier alpha value is -1.62. The van der Waals surface area contributed by atoms with Crippen molar-refractivity contribution in [1.82, 2.24) is 5.32 Å². The molecule has 0 unspecified atom stereocenters. The smallest absolute Gasteiger partial charge is 0.347 e. The molecule has 1 aliphatic heterocycles. The minimum atomic E-state index is -0.469. The Bertz CT molecular complexity index is 472. The van der Waals surface area contributed by atoms with E-state index in [1.165, 1.54) is 0 Å². The quantitative estimate of drug-likeness (QED) is 0.526. The van der Waals surface area contributed by atoms with Crippen molar-refractivity contribution in [2.75, 3.05) is 0 Å². The number of nitrogens with one attached hydrogen (secondary N) is 1. The van der Waals surface area contributed by atoms with Gasteiger partial charge in [0.05, 0.1) is 6.42 Å². The third-order valence-electron chi connectivity index (χ3n) is 2.28.